The maximum Gasteiger partial charge on any atom is 0.281 e. The summed E-state index contributed by atoms with van der Waals surface area (Å²) in [6, 6.07) is 0. The van der Waals surface area contributed by atoms with Crippen LogP contribution in [0.15, 0.2) is 17.3 Å². The largest absolute Gasteiger partial charge is 0.281 e. The number of sulfonamides is 1. The van der Waals surface area contributed by atoms with E-state index < -0.39 is 20.2 Å². The minimum Gasteiger partial charge on any atom is -0.274 e. The van der Waals surface area contributed by atoms with E-state index in [0.717, 1.165) is 4.31 Å². The second-order valence-corrected chi connectivity index (χ2v) is 9.38. The zero-order valence-electron chi connectivity index (χ0n) is 12.9. The molecule has 2 heterocycles. The number of nitrogens with zero attached hydrogens (tertiary/aromatic N) is 5. The van der Waals surface area contributed by atoms with E-state index in [1.54, 1.807) is 7.05 Å². The SMILES string of the molecule is CN(C)S(=O)(=O)N1CCCN(S(=O)(=O)c2cnn(C)c2)CC1. The standard InChI is InChI=1S/C11H21N5O4S2/c1-13(2)22(19,20)16-6-4-5-15(7-8-16)21(17,18)11-9-12-14(3)10-11/h9-10H,4-8H2,1-3H3. The maximum absolute atomic E-state index is 12.5. The van der Waals surface area contributed by atoms with E-state index in [1.807, 2.05) is 0 Å². The lowest BCUT2D eigenvalue weighted by Crippen LogP contribution is -2.42. The Morgan fingerprint density at radius 2 is 1.64 bits per heavy atom. The maximum atomic E-state index is 12.5. The first-order valence-electron chi connectivity index (χ1n) is 6.82. The summed E-state index contributed by atoms with van der Waals surface area (Å²) in [6.45, 7) is 0.862. The third-order valence-electron chi connectivity index (χ3n) is 3.52. The molecule has 0 aliphatic carbocycles. The normalized spacial score (nSPS) is 19.5. The second kappa shape index (κ2) is 6.24. The summed E-state index contributed by atoms with van der Waals surface area (Å²) in [5.74, 6) is 0. The monoisotopic (exact) mass is 351 g/mol. The fraction of sp³-hybridized carbons (Fsp3) is 0.727. The van der Waals surface area contributed by atoms with E-state index in [1.165, 1.54) is 39.8 Å². The molecular formula is C11H21N5O4S2. The summed E-state index contributed by atoms with van der Waals surface area (Å²) < 4.78 is 54.5. The molecule has 1 saturated heterocycles. The summed E-state index contributed by atoms with van der Waals surface area (Å²) in [7, 11) is -2.59. The van der Waals surface area contributed by atoms with Crippen molar-refractivity contribution in [3.8, 4) is 0 Å². The van der Waals surface area contributed by atoms with Crippen LogP contribution in [0.1, 0.15) is 6.42 Å². The third-order valence-corrected chi connectivity index (χ3v) is 7.31. The van der Waals surface area contributed by atoms with Gasteiger partial charge in [0.05, 0.1) is 6.20 Å². The van der Waals surface area contributed by atoms with Gasteiger partial charge in [-0.15, -0.1) is 0 Å². The molecule has 0 unspecified atom stereocenters. The molecule has 0 atom stereocenters. The van der Waals surface area contributed by atoms with Crippen molar-refractivity contribution in [1.29, 1.82) is 0 Å². The molecule has 1 aliphatic rings. The molecule has 9 nitrogen and oxygen atoms in total. The Hall–Kier alpha value is -1.01. The van der Waals surface area contributed by atoms with Crippen molar-refractivity contribution in [3.05, 3.63) is 12.4 Å². The Kier molecular flexibility index (Phi) is 4.92. The van der Waals surface area contributed by atoms with Crippen LogP contribution in [-0.4, -0.2) is 79.8 Å². The molecule has 1 aromatic rings. The molecule has 22 heavy (non-hydrogen) atoms. The molecule has 0 bridgehead atoms. The van der Waals surface area contributed by atoms with Crippen LogP contribution in [0.2, 0.25) is 0 Å². The highest BCUT2D eigenvalue weighted by Gasteiger charge is 2.32. The molecule has 1 fully saturated rings. The van der Waals surface area contributed by atoms with Crippen LogP contribution in [0.4, 0.5) is 0 Å². The molecule has 2 rings (SSSR count). The van der Waals surface area contributed by atoms with E-state index in [-0.39, 0.29) is 24.5 Å². The average molecular weight is 351 g/mol. The van der Waals surface area contributed by atoms with Gasteiger partial charge in [0, 0.05) is 53.5 Å². The summed E-state index contributed by atoms with van der Waals surface area (Å²) in [5, 5.41) is 3.88. The fourth-order valence-electron chi connectivity index (χ4n) is 2.25. The van der Waals surface area contributed by atoms with Crippen molar-refractivity contribution in [2.24, 2.45) is 7.05 Å². The van der Waals surface area contributed by atoms with Crippen LogP contribution >= 0.6 is 0 Å². The van der Waals surface area contributed by atoms with Gasteiger partial charge in [-0.3, -0.25) is 4.68 Å². The van der Waals surface area contributed by atoms with Gasteiger partial charge in [0.15, 0.2) is 0 Å². The van der Waals surface area contributed by atoms with Crippen LogP contribution < -0.4 is 0 Å². The molecule has 126 valence electrons. The van der Waals surface area contributed by atoms with Crippen LogP contribution in [0, 0.1) is 0 Å². The number of hydrogen-bond donors (Lipinski definition) is 0. The summed E-state index contributed by atoms with van der Waals surface area (Å²) in [4.78, 5) is 0.124. The van der Waals surface area contributed by atoms with Gasteiger partial charge in [0.25, 0.3) is 10.2 Å². The van der Waals surface area contributed by atoms with Crippen molar-refractivity contribution >= 4 is 20.2 Å². The summed E-state index contributed by atoms with van der Waals surface area (Å²) in [6.07, 6.45) is 3.19. The minimum atomic E-state index is -3.64. The second-order valence-electron chi connectivity index (χ2n) is 5.30. The van der Waals surface area contributed by atoms with Crippen molar-refractivity contribution in [2.75, 3.05) is 40.3 Å². The van der Waals surface area contributed by atoms with E-state index in [9.17, 15) is 16.8 Å². The fourth-order valence-corrected chi connectivity index (χ4v) is 4.84. The van der Waals surface area contributed by atoms with Gasteiger partial charge in [-0.25, -0.2) is 8.42 Å². The first-order valence-corrected chi connectivity index (χ1v) is 9.66. The number of aryl methyl sites for hydroxylation is 1. The Morgan fingerprint density at radius 1 is 1.05 bits per heavy atom. The van der Waals surface area contributed by atoms with Crippen LogP contribution in [0.3, 0.4) is 0 Å². The van der Waals surface area contributed by atoms with Crippen LogP contribution in [0.5, 0.6) is 0 Å². The quantitative estimate of drug-likeness (QED) is 0.688. The Bertz CT molecular complexity index is 725. The third kappa shape index (κ3) is 3.33. The Morgan fingerprint density at radius 3 is 2.18 bits per heavy atom. The van der Waals surface area contributed by atoms with Crippen LogP contribution in [-0.2, 0) is 27.3 Å². The molecule has 0 saturated carbocycles. The first-order chi connectivity index (χ1) is 10.2. The lowest BCUT2D eigenvalue weighted by molar-refractivity contribution is 0.378. The first kappa shape index (κ1) is 17.3. The Labute approximate surface area is 131 Å². The van der Waals surface area contributed by atoms with Crippen molar-refractivity contribution in [2.45, 2.75) is 11.3 Å². The lowest BCUT2D eigenvalue weighted by atomic mass is 10.4. The zero-order valence-corrected chi connectivity index (χ0v) is 14.5. The Balaban J connectivity index is 2.17. The summed E-state index contributed by atoms with van der Waals surface area (Å²) >= 11 is 0. The molecule has 0 radical (unpaired) electrons. The summed E-state index contributed by atoms with van der Waals surface area (Å²) in [5.41, 5.74) is 0. The molecule has 0 amide bonds. The van der Waals surface area contributed by atoms with Gasteiger partial charge >= 0.3 is 0 Å². The zero-order chi connectivity index (χ0) is 16.5. The highest BCUT2D eigenvalue weighted by Crippen LogP contribution is 2.18. The van der Waals surface area contributed by atoms with Gasteiger partial charge in [0.2, 0.25) is 10.0 Å². The smallest absolute Gasteiger partial charge is 0.274 e. The number of hydrogen-bond acceptors (Lipinski definition) is 5. The van der Waals surface area contributed by atoms with E-state index in [0.29, 0.717) is 13.0 Å². The van der Waals surface area contributed by atoms with Crippen molar-refractivity contribution in [1.82, 2.24) is 22.7 Å². The topological polar surface area (TPSA) is 95.8 Å². The average Bonchev–Trinajstić information content (AvgIpc) is 2.73. The highest BCUT2D eigenvalue weighted by molar-refractivity contribution is 7.89. The van der Waals surface area contributed by atoms with Gasteiger partial charge in [-0.1, -0.05) is 0 Å². The number of aromatic nitrogens is 2. The molecule has 1 aliphatic heterocycles. The predicted molar refractivity (Wildman–Crippen MR) is 80.8 cm³/mol. The van der Waals surface area contributed by atoms with Gasteiger partial charge in [-0.05, 0) is 6.42 Å². The van der Waals surface area contributed by atoms with E-state index in [4.69, 9.17) is 0 Å². The highest BCUT2D eigenvalue weighted by atomic mass is 32.2. The minimum absolute atomic E-state index is 0.124. The van der Waals surface area contributed by atoms with E-state index in [2.05, 4.69) is 5.10 Å². The molecule has 1 aromatic heterocycles. The molecule has 0 N–H and O–H groups in total. The van der Waals surface area contributed by atoms with Crippen LogP contribution in [0.25, 0.3) is 0 Å². The number of rotatable bonds is 4. The van der Waals surface area contributed by atoms with Gasteiger partial charge in [0.1, 0.15) is 4.90 Å². The van der Waals surface area contributed by atoms with Gasteiger partial charge < -0.3 is 0 Å². The van der Waals surface area contributed by atoms with Crippen molar-refractivity contribution in [3.63, 3.8) is 0 Å². The predicted octanol–water partition coefficient (Wildman–Crippen LogP) is -1.08. The van der Waals surface area contributed by atoms with E-state index >= 15 is 0 Å². The molecular weight excluding hydrogens is 330 g/mol. The molecule has 0 spiro atoms. The molecule has 11 heteroatoms. The van der Waals surface area contributed by atoms with Crippen molar-refractivity contribution < 1.29 is 16.8 Å². The van der Waals surface area contributed by atoms with Gasteiger partial charge in [-0.2, -0.15) is 26.4 Å². The lowest BCUT2D eigenvalue weighted by Gasteiger charge is -2.24. The molecule has 0 aromatic carbocycles.